The molecular formula is C25H31NO4. The first-order valence-electron chi connectivity index (χ1n) is 11.2. The van der Waals surface area contributed by atoms with E-state index < -0.39 is 5.97 Å². The summed E-state index contributed by atoms with van der Waals surface area (Å²) in [5, 5.41) is 2.36. The third-order valence-corrected chi connectivity index (χ3v) is 6.06. The molecule has 2 aromatic rings. The van der Waals surface area contributed by atoms with Crippen LogP contribution < -0.4 is 15.4 Å². The van der Waals surface area contributed by atoms with Gasteiger partial charge in [0, 0.05) is 28.2 Å². The average Bonchev–Trinajstić information content (AvgIpc) is 3.38. The van der Waals surface area contributed by atoms with E-state index >= 15 is 0 Å². The van der Waals surface area contributed by atoms with Crippen molar-refractivity contribution in [1.29, 1.82) is 0 Å². The van der Waals surface area contributed by atoms with Gasteiger partial charge in [-0.2, -0.15) is 0 Å². The monoisotopic (exact) mass is 409 g/mol. The van der Waals surface area contributed by atoms with Gasteiger partial charge < -0.3 is 18.9 Å². The van der Waals surface area contributed by atoms with Gasteiger partial charge in [0.1, 0.15) is 6.10 Å². The van der Waals surface area contributed by atoms with Gasteiger partial charge in [0.15, 0.2) is 0 Å². The lowest BCUT2D eigenvalue weighted by Gasteiger charge is -2.24. The molecule has 2 atom stereocenters. The highest BCUT2D eigenvalue weighted by molar-refractivity contribution is 5.86. The van der Waals surface area contributed by atoms with Gasteiger partial charge in [-0.1, -0.05) is 57.3 Å². The van der Waals surface area contributed by atoms with E-state index in [-0.39, 0.29) is 11.9 Å². The van der Waals surface area contributed by atoms with Crippen LogP contribution in [-0.2, 0) is 4.74 Å². The number of H-pyrrole nitrogens is 1. The lowest BCUT2D eigenvalue weighted by Crippen LogP contribution is -2.22. The van der Waals surface area contributed by atoms with Crippen LogP contribution in [0, 0.1) is 0 Å². The lowest BCUT2D eigenvalue weighted by atomic mass is 9.85. The summed E-state index contributed by atoms with van der Waals surface area (Å²) in [7, 11) is 1.34. The molecule has 2 heterocycles. The molecule has 2 aromatic heterocycles. The Morgan fingerprint density at radius 1 is 1.17 bits per heavy atom. The number of unbranched alkanes of at least 4 members (excludes halogenated alkanes) is 4. The maximum Gasteiger partial charge on any atom is 0.374 e. The Balaban J connectivity index is 1.55. The Labute approximate surface area is 177 Å². The van der Waals surface area contributed by atoms with Gasteiger partial charge in [0.2, 0.25) is 5.76 Å². The fourth-order valence-electron chi connectivity index (χ4n) is 4.57. The topological polar surface area (TPSA) is 64.5 Å². The average molecular weight is 410 g/mol. The van der Waals surface area contributed by atoms with Crippen LogP contribution in [0.2, 0.25) is 0 Å². The number of hydrogen-bond acceptors (Lipinski definition) is 4. The van der Waals surface area contributed by atoms with E-state index in [1.165, 1.54) is 55.7 Å². The number of nitrogens with one attached hydrogen (secondary N) is 1. The molecule has 0 fully saturated rings. The van der Waals surface area contributed by atoms with Crippen molar-refractivity contribution in [3.05, 3.63) is 51.9 Å². The SMILES string of the molecule is CCCCCCCC1C=CC=c2[nH]c3c(c21)C(Oc1ccc(C(=O)OC)o1)CCC=3. The molecule has 5 heteroatoms. The highest BCUT2D eigenvalue weighted by Crippen LogP contribution is 2.34. The maximum absolute atomic E-state index is 11.7. The van der Waals surface area contributed by atoms with Gasteiger partial charge in [-0.3, -0.25) is 0 Å². The van der Waals surface area contributed by atoms with E-state index in [1.54, 1.807) is 12.1 Å². The molecule has 0 aliphatic heterocycles. The predicted octanol–water partition coefficient (Wildman–Crippen LogP) is 4.88. The van der Waals surface area contributed by atoms with Crippen LogP contribution in [0.4, 0.5) is 0 Å². The minimum atomic E-state index is -0.496. The number of fused-ring (bicyclic) bond motifs is 3. The standard InChI is InChI=1S/C25H31NO4/c1-3-4-5-6-7-10-17-11-8-12-18-23(17)24-19(26-18)13-9-14-20(24)29-22-16-15-21(30-22)25(27)28-2/h8,11-13,15-17,20,26H,3-7,9-10,14H2,1-2H3. The van der Waals surface area contributed by atoms with Crippen LogP contribution in [0.15, 0.2) is 28.7 Å². The molecule has 2 aliphatic carbocycles. The van der Waals surface area contributed by atoms with Crippen molar-refractivity contribution < 1.29 is 18.7 Å². The zero-order valence-electron chi connectivity index (χ0n) is 17.9. The fourth-order valence-corrected chi connectivity index (χ4v) is 4.57. The van der Waals surface area contributed by atoms with Gasteiger partial charge in [0.05, 0.1) is 7.11 Å². The summed E-state index contributed by atoms with van der Waals surface area (Å²) in [4.78, 5) is 15.3. The van der Waals surface area contributed by atoms with E-state index in [0.29, 0.717) is 11.9 Å². The normalized spacial score (nSPS) is 19.4. The van der Waals surface area contributed by atoms with Crippen molar-refractivity contribution in [2.45, 2.75) is 70.3 Å². The minimum Gasteiger partial charge on any atom is -0.463 e. The molecule has 0 saturated carbocycles. The number of aromatic amines is 1. The van der Waals surface area contributed by atoms with Crippen molar-refractivity contribution in [1.82, 2.24) is 4.98 Å². The molecule has 1 N–H and O–H groups in total. The lowest BCUT2D eigenvalue weighted by molar-refractivity contribution is 0.0548. The number of esters is 1. The van der Waals surface area contributed by atoms with Crippen molar-refractivity contribution in [3.63, 3.8) is 0 Å². The summed E-state index contributed by atoms with van der Waals surface area (Å²) in [5.74, 6) is 0.429. The summed E-state index contributed by atoms with van der Waals surface area (Å²) in [6, 6.07) is 3.29. The number of hydrogen-bond donors (Lipinski definition) is 1. The quantitative estimate of drug-likeness (QED) is 0.473. The fraction of sp³-hybridized carbons (Fsp3) is 0.480. The highest BCUT2D eigenvalue weighted by Gasteiger charge is 2.28. The number of carbonyl (C=O) groups is 1. The van der Waals surface area contributed by atoms with Gasteiger partial charge >= 0.3 is 5.97 Å². The van der Waals surface area contributed by atoms with Crippen molar-refractivity contribution in [2.75, 3.05) is 7.11 Å². The Kier molecular flexibility index (Phi) is 6.46. The van der Waals surface area contributed by atoms with Crippen LogP contribution in [-0.4, -0.2) is 18.1 Å². The molecule has 0 aromatic carbocycles. The first-order valence-corrected chi connectivity index (χ1v) is 11.2. The van der Waals surface area contributed by atoms with E-state index in [0.717, 1.165) is 24.6 Å². The number of methoxy groups -OCH3 is 1. The van der Waals surface area contributed by atoms with Crippen molar-refractivity contribution in [2.24, 2.45) is 0 Å². The Hall–Kier alpha value is -2.69. The van der Waals surface area contributed by atoms with E-state index in [9.17, 15) is 4.79 Å². The number of carbonyl (C=O) groups excluding carboxylic acids is 1. The second kappa shape index (κ2) is 9.41. The van der Waals surface area contributed by atoms with Crippen LogP contribution >= 0.6 is 0 Å². The van der Waals surface area contributed by atoms with Gasteiger partial charge in [-0.05, 0) is 37.0 Å². The summed E-state index contributed by atoms with van der Waals surface area (Å²) >= 11 is 0. The number of furan rings is 1. The van der Waals surface area contributed by atoms with Gasteiger partial charge in [0.25, 0.3) is 5.95 Å². The molecule has 2 aliphatic rings. The molecule has 0 saturated heterocycles. The smallest absolute Gasteiger partial charge is 0.374 e. The minimum absolute atomic E-state index is 0.0934. The number of allylic oxidation sites excluding steroid dienone is 2. The Morgan fingerprint density at radius 3 is 2.87 bits per heavy atom. The second-order valence-corrected chi connectivity index (χ2v) is 8.14. The first kappa shape index (κ1) is 20.6. The second-order valence-electron chi connectivity index (χ2n) is 8.14. The summed E-state index contributed by atoms with van der Waals surface area (Å²) in [6.45, 7) is 2.25. The molecule has 2 unspecified atom stereocenters. The summed E-state index contributed by atoms with van der Waals surface area (Å²) in [6.07, 6.45) is 18.3. The van der Waals surface area contributed by atoms with Crippen LogP contribution in [0.25, 0.3) is 12.2 Å². The van der Waals surface area contributed by atoms with Crippen molar-refractivity contribution >= 4 is 18.1 Å². The Morgan fingerprint density at radius 2 is 2.03 bits per heavy atom. The molecule has 5 nitrogen and oxygen atoms in total. The third-order valence-electron chi connectivity index (χ3n) is 6.06. The number of ether oxygens (including phenoxy) is 2. The van der Waals surface area contributed by atoms with Crippen LogP contribution in [0.1, 0.15) is 92.0 Å². The molecule has 30 heavy (non-hydrogen) atoms. The molecule has 0 amide bonds. The largest absolute Gasteiger partial charge is 0.463 e. The van der Waals surface area contributed by atoms with E-state index in [4.69, 9.17) is 13.9 Å². The van der Waals surface area contributed by atoms with Crippen molar-refractivity contribution in [3.8, 4) is 5.95 Å². The third kappa shape index (κ3) is 4.25. The van der Waals surface area contributed by atoms with E-state index in [1.807, 2.05) is 0 Å². The highest BCUT2D eigenvalue weighted by atomic mass is 16.6. The van der Waals surface area contributed by atoms with Gasteiger partial charge in [-0.25, -0.2) is 4.79 Å². The molecular weight excluding hydrogens is 378 g/mol. The molecule has 160 valence electrons. The van der Waals surface area contributed by atoms with Crippen LogP contribution in [0.5, 0.6) is 5.95 Å². The molecule has 0 radical (unpaired) electrons. The van der Waals surface area contributed by atoms with Crippen LogP contribution in [0.3, 0.4) is 0 Å². The first-order chi connectivity index (χ1) is 14.7. The zero-order chi connectivity index (χ0) is 20.9. The number of rotatable bonds is 9. The zero-order valence-corrected chi connectivity index (χ0v) is 17.9. The molecule has 0 bridgehead atoms. The Bertz CT molecular complexity index is 1030. The summed E-state index contributed by atoms with van der Waals surface area (Å²) < 4.78 is 16.5. The summed E-state index contributed by atoms with van der Waals surface area (Å²) in [5.41, 5.74) is 2.61. The molecule has 4 rings (SSSR count). The van der Waals surface area contributed by atoms with Gasteiger partial charge in [-0.15, -0.1) is 0 Å². The molecule has 0 spiro atoms. The predicted molar refractivity (Wildman–Crippen MR) is 117 cm³/mol. The van der Waals surface area contributed by atoms with E-state index in [2.05, 4.69) is 36.2 Å². The number of aromatic nitrogens is 1. The maximum atomic E-state index is 11.7.